The van der Waals surface area contributed by atoms with Crippen molar-refractivity contribution in [2.24, 2.45) is 0 Å². The maximum absolute atomic E-state index is 11.4. The SMILES string of the molecule is CC(C)(C)OC(=O)NCC(O)C(O)c1sccc1C(=O)O. The maximum atomic E-state index is 11.4. The lowest BCUT2D eigenvalue weighted by molar-refractivity contribution is 0.0139. The van der Waals surface area contributed by atoms with E-state index in [-0.39, 0.29) is 17.0 Å². The summed E-state index contributed by atoms with van der Waals surface area (Å²) in [5.74, 6) is -1.18. The Morgan fingerprint density at radius 2 is 2.00 bits per heavy atom. The molecule has 1 aromatic heterocycles. The van der Waals surface area contributed by atoms with E-state index >= 15 is 0 Å². The second kappa shape index (κ2) is 6.88. The summed E-state index contributed by atoms with van der Waals surface area (Å²) in [6, 6.07) is 1.35. The van der Waals surface area contributed by atoms with E-state index in [1.54, 1.807) is 20.8 Å². The van der Waals surface area contributed by atoms with Crippen molar-refractivity contribution in [3.05, 3.63) is 21.9 Å². The number of aliphatic hydroxyl groups excluding tert-OH is 2. The quantitative estimate of drug-likeness (QED) is 0.652. The number of hydrogen-bond donors (Lipinski definition) is 4. The Balaban J connectivity index is 2.59. The van der Waals surface area contributed by atoms with Gasteiger partial charge in [-0.2, -0.15) is 0 Å². The van der Waals surface area contributed by atoms with Crippen molar-refractivity contribution >= 4 is 23.4 Å². The van der Waals surface area contributed by atoms with Crippen LogP contribution in [0.4, 0.5) is 4.79 Å². The summed E-state index contributed by atoms with van der Waals surface area (Å²) in [7, 11) is 0. The molecule has 2 unspecified atom stereocenters. The number of aliphatic hydroxyl groups is 2. The minimum absolute atomic E-state index is 0.0659. The predicted molar refractivity (Wildman–Crippen MR) is 76.5 cm³/mol. The highest BCUT2D eigenvalue weighted by Gasteiger charge is 2.26. The van der Waals surface area contributed by atoms with Gasteiger partial charge in [-0.3, -0.25) is 0 Å². The summed E-state index contributed by atoms with van der Waals surface area (Å²) in [6.07, 6.45) is -3.46. The summed E-state index contributed by atoms with van der Waals surface area (Å²) in [5, 5.41) is 32.6. The van der Waals surface area contributed by atoms with E-state index in [1.165, 1.54) is 11.4 Å². The largest absolute Gasteiger partial charge is 0.478 e. The molecule has 0 spiro atoms. The highest BCUT2D eigenvalue weighted by Crippen LogP contribution is 2.26. The van der Waals surface area contributed by atoms with Crippen molar-refractivity contribution in [3.63, 3.8) is 0 Å². The van der Waals surface area contributed by atoms with Gasteiger partial charge in [-0.25, -0.2) is 9.59 Å². The molecule has 21 heavy (non-hydrogen) atoms. The lowest BCUT2D eigenvalue weighted by Gasteiger charge is -2.22. The maximum Gasteiger partial charge on any atom is 0.407 e. The van der Waals surface area contributed by atoms with Crippen LogP contribution in [0.3, 0.4) is 0 Å². The van der Waals surface area contributed by atoms with Gasteiger partial charge in [-0.15, -0.1) is 11.3 Å². The fourth-order valence-corrected chi connectivity index (χ4v) is 2.44. The summed E-state index contributed by atoms with van der Waals surface area (Å²) in [6.45, 7) is 4.83. The van der Waals surface area contributed by atoms with E-state index in [9.17, 15) is 19.8 Å². The number of carbonyl (C=O) groups excluding carboxylic acids is 1. The van der Waals surface area contributed by atoms with E-state index in [4.69, 9.17) is 9.84 Å². The Bertz CT molecular complexity index is 507. The Morgan fingerprint density at radius 1 is 1.38 bits per heavy atom. The highest BCUT2D eigenvalue weighted by atomic mass is 32.1. The van der Waals surface area contributed by atoms with E-state index in [1.807, 2.05) is 0 Å². The Labute approximate surface area is 126 Å². The first-order chi connectivity index (χ1) is 9.61. The van der Waals surface area contributed by atoms with Gasteiger partial charge in [0.1, 0.15) is 17.8 Å². The van der Waals surface area contributed by atoms with Gasteiger partial charge >= 0.3 is 12.1 Å². The van der Waals surface area contributed by atoms with Crippen LogP contribution in [0.2, 0.25) is 0 Å². The molecule has 0 aliphatic carbocycles. The molecule has 1 amide bonds. The van der Waals surface area contributed by atoms with Crippen LogP contribution in [0.5, 0.6) is 0 Å². The monoisotopic (exact) mass is 317 g/mol. The molecule has 0 bridgehead atoms. The van der Waals surface area contributed by atoms with Crippen molar-refractivity contribution < 1.29 is 29.6 Å². The van der Waals surface area contributed by atoms with Crippen molar-refractivity contribution in [2.45, 2.75) is 38.6 Å². The fraction of sp³-hybridized carbons (Fsp3) is 0.538. The number of ether oxygens (including phenoxy) is 1. The van der Waals surface area contributed by atoms with Gasteiger partial charge in [0.15, 0.2) is 0 Å². The van der Waals surface area contributed by atoms with E-state index < -0.39 is 29.9 Å². The predicted octanol–water partition coefficient (Wildman–Crippen LogP) is 1.37. The van der Waals surface area contributed by atoms with Gasteiger partial charge in [0.2, 0.25) is 0 Å². The van der Waals surface area contributed by atoms with E-state index in [2.05, 4.69) is 5.32 Å². The fourth-order valence-electron chi connectivity index (χ4n) is 1.52. The summed E-state index contributed by atoms with van der Waals surface area (Å²) in [4.78, 5) is 22.5. The van der Waals surface area contributed by atoms with Crippen LogP contribution in [0, 0.1) is 0 Å². The summed E-state index contributed by atoms with van der Waals surface area (Å²) in [5.41, 5.74) is -0.735. The van der Waals surface area contributed by atoms with Crippen LogP contribution in [-0.4, -0.2) is 45.6 Å². The highest BCUT2D eigenvalue weighted by molar-refractivity contribution is 7.10. The van der Waals surface area contributed by atoms with Gasteiger partial charge in [0.05, 0.1) is 10.4 Å². The van der Waals surface area contributed by atoms with Gasteiger partial charge in [0.25, 0.3) is 0 Å². The number of carboxylic acids is 1. The van der Waals surface area contributed by atoms with Gasteiger partial charge in [-0.05, 0) is 32.2 Å². The average Bonchev–Trinajstić information content (AvgIpc) is 2.82. The molecule has 1 aromatic rings. The van der Waals surface area contributed by atoms with Gasteiger partial charge in [-0.1, -0.05) is 0 Å². The Kier molecular flexibility index (Phi) is 5.70. The number of aromatic carboxylic acids is 1. The molecular weight excluding hydrogens is 298 g/mol. The van der Waals surface area contributed by atoms with Crippen LogP contribution in [0.1, 0.15) is 42.1 Å². The number of thiophene rings is 1. The van der Waals surface area contributed by atoms with Crippen LogP contribution in [-0.2, 0) is 4.74 Å². The molecule has 0 radical (unpaired) electrons. The molecule has 7 nitrogen and oxygen atoms in total. The average molecular weight is 317 g/mol. The molecule has 0 aliphatic rings. The van der Waals surface area contributed by atoms with Gasteiger partial charge in [0, 0.05) is 6.54 Å². The zero-order valence-corrected chi connectivity index (χ0v) is 12.8. The Morgan fingerprint density at radius 3 is 2.52 bits per heavy atom. The number of carbonyl (C=O) groups is 2. The topological polar surface area (TPSA) is 116 Å². The zero-order valence-electron chi connectivity index (χ0n) is 12.0. The minimum Gasteiger partial charge on any atom is -0.478 e. The van der Waals surface area contributed by atoms with Crippen LogP contribution in [0.25, 0.3) is 0 Å². The standard InChI is InChI=1S/C13H19NO6S/c1-13(2,3)20-12(19)14-6-8(15)9(16)10-7(11(17)18)4-5-21-10/h4-5,8-9,15-16H,6H2,1-3H3,(H,14,19)(H,17,18). The molecule has 118 valence electrons. The molecule has 1 heterocycles. The van der Waals surface area contributed by atoms with Crippen molar-refractivity contribution in [2.75, 3.05) is 6.54 Å². The third kappa shape index (κ3) is 5.33. The first-order valence-electron chi connectivity index (χ1n) is 6.25. The molecule has 2 atom stereocenters. The Hall–Kier alpha value is -1.64. The third-order valence-electron chi connectivity index (χ3n) is 2.41. The number of carboxylic acid groups (broad SMARTS) is 1. The molecule has 0 fully saturated rings. The lowest BCUT2D eigenvalue weighted by atomic mass is 10.1. The smallest absolute Gasteiger partial charge is 0.407 e. The molecule has 0 saturated carbocycles. The zero-order chi connectivity index (χ0) is 16.2. The number of rotatable bonds is 5. The first-order valence-corrected chi connectivity index (χ1v) is 7.13. The number of nitrogens with one attached hydrogen (secondary N) is 1. The van der Waals surface area contributed by atoms with Crippen LogP contribution >= 0.6 is 11.3 Å². The number of hydrogen-bond acceptors (Lipinski definition) is 6. The second-order valence-electron chi connectivity index (χ2n) is 5.40. The minimum atomic E-state index is -1.40. The normalized spacial score (nSPS) is 14.3. The third-order valence-corrected chi connectivity index (χ3v) is 3.40. The van der Waals surface area contributed by atoms with Gasteiger partial charge < -0.3 is 25.4 Å². The van der Waals surface area contributed by atoms with E-state index in [0.29, 0.717) is 0 Å². The molecule has 1 rings (SSSR count). The van der Waals surface area contributed by atoms with Crippen molar-refractivity contribution in [1.82, 2.24) is 5.32 Å². The molecule has 8 heteroatoms. The molecule has 0 saturated heterocycles. The second-order valence-corrected chi connectivity index (χ2v) is 6.35. The van der Waals surface area contributed by atoms with Crippen LogP contribution in [0.15, 0.2) is 11.4 Å². The molecule has 0 aromatic carbocycles. The first kappa shape index (κ1) is 17.4. The lowest BCUT2D eigenvalue weighted by Crippen LogP contribution is -2.38. The summed E-state index contributed by atoms with van der Waals surface area (Å²) >= 11 is 1.02. The van der Waals surface area contributed by atoms with E-state index in [0.717, 1.165) is 11.3 Å². The van der Waals surface area contributed by atoms with Crippen molar-refractivity contribution in [3.8, 4) is 0 Å². The van der Waals surface area contributed by atoms with Crippen LogP contribution < -0.4 is 5.32 Å². The molecular formula is C13H19NO6S. The molecule has 4 N–H and O–H groups in total. The molecule has 0 aliphatic heterocycles. The number of amides is 1. The van der Waals surface area contributed by atoms with Crippen molar-refractivity contribution in [1.29, 1.82) is 0 Å². The number of alkyl carbamates (subject to hydrolysis) is 1. The summed E-state index contributed by atoms with van der Waals surface area (Å²) < 4.78 is 4.99.